The summed E-state index contributed by atoms with van der Waals surface area (Å²) in [5.74, 6) is -1.74. The number of amides is 1. The maximum Gasteiger partial charge on any atom is 0.228 e. The van der Waals surface area contributed by atoms with Crippen molar-refractivity contribution in [2.45, 2.75) is 37.6 Å². The zero-order chi connectivity index (χ0) is 25.9. The summed E-state index contributed by atoms with van der Waals surface area (Å²) in [6.45, 7) is 0. The average Bonchev–Trinajstić information content (AvgIpc) is 3.07. The molecule has 1 saturated carbocycles. The van der Waals surface area contributed by atoms with Gasteiger partial charge in [0.15, 0.2) is 0 Å². The van der Waals surface area contributed by atoms with Crippen molar-refractivity contribution in [2.24, 2.45) is 10.9 Å². The van der Waals surface area contributed by atoms with Crippen molar-refractivity contribution in [3.8, 4) is 5.75 Å². The van der Waals surface area contributed by atoms with Crippen LogP contribution in [-0.2, 0) is 14.4 Å². The zero-order valence-electron chi connectivity index (χ0n) is 20.4. The number of carbonyl (C=O) groups excluding carboxylic acids is 3. The van der Waals surface area contributed by atoms with Crippen LogP contribution < -0.4 is 14.7 Å². The molecule has 1 amide bonds. The number of carboxylic acids is 1. The van der Waals surface area contributed by atoms with Gasteiger partial charge in [0.05, 0.1) is 30.4 Å². The van der Waals surface area contributed by atoms with Gasteiger partial charge in [0.2, 0.25) is 5.91 Å². The van der Waals surface area contributed by atoms with Gasteiger partial charge in [0.25, 0.3) is 0 Å². The fourth-order valence-corrected chi connectivity index (χ4v) is 5.32. The number of ketones is 1. The SMILES string of the molecule is COc1ccc(C2CC(=O)C3C(=Nc4ccccc4N(C(=O)CCC(=O)[O-])C3c3cccnc3)C2)cc1. The summed E-state index contributed by atoms with van der Waals surface area (Å²) in [5.41, 5.74) is 3.52. The number of para-hydroxylation sites is 2. The predicted octanol–water partition coefficient (Wildman–Crippen LogP) is 3.54. The van der Waals surface area contributed by atoms with Crippen LogP contribution in [0, 0.1) is 5.92 Å². The second-order valence-corrected chi connectivity index (χ2v) is 9.28. The van der Waals surface area contributed by atoms with Gasteiger partial charge in [-0.3, -0.25) is 19.6 Å². The number of benzene rings is 2. The molecule has 1 fully saturated rings. The van der Waals surface area contributed by atoms with Crippen LogP contribution in [0.25, 0.3) is 0 Å². The first-order valence-corrected chi connectivity index (χ1v) is 12.2. The lowest BCUT2D eigenvalue weighted by Crippen LogP contribution is -2.46. The summed E-state index contributed by atoms with van der Waals surface area (Å²) >= 11 is 0. The molecule has 1 aliphatic heterocycles. The molecule has 2 heterocycles. The first-order valence-electron chi connectivity index (χ1n) is 12.2. The number of anilines is 1. The molecule has 0 N–H and O–H groups in total. The number of aromatic nitrogens is 1. The largest absolute Gasteiger partial charge is 0.550 e. The number of Topliss-reactive ketones (excluding diaryl/α,β-unsaturated/α-hetero) is 1. The number of aliphatic carboxylic acids is 1. The Balaban J connectivity index is 1.61. The zero-order valence-corrected chi connectivity index (χ0v) is 20.4. The number of hydrogen-bond donors (Lipinski definition) is 0. The fraction of sp³-hybridized carbons (Fsp3) is 0.276. The number of rotatable bonds is 6. The second kappa shape index (κ2) is 10.3. The topological polar surface area (TPSA) is 112 Å². The Hall–Kier alpha value is -4.33. The maximum absolute atomic E-state index is 13.9. The number of nitrogens with zero attached hydrogens (tertiary/aromatic N) is 3. The lowest BCUT2D eigenvalue weighted by molar-refractivity contribution is -0.305. The summed E-state index contributed by atoms with van der Waals surface area (Å²) in [6.07, 6.45) is 3.46. The quantitative estimate of drug-likeness (QED) is 0.516. The minimum Gasteiger partial charge on any atom is -0.550 e. The molecule has 3 aromatic rings. The van der Waals surface area contributed by atoms with Gasteiger partial charge < -0.3 is 19.5 Å². The number of pyridine rings is 1. The van der Waals surface area contributed by atoms with E-state index in [1.54, 1.807) is 42.6 Å². The van der Waals surface area contributed by atoms with Crippen molar-refractivity contribution in [3.05, 3.63) is 84.2 Å². The van der Waals surface area contributed by atoms with Gasteiger partial charge in [0, 0.05) is 36.9 Å². The summed E-state index contributed by atoms with van der Waals surface area (Å²) in [4.78, 5) is 49.4. The Morgan fingerprint density at radius 1 is 1.00 bits per heavy atom. The maximum atomic E-state index is 13.9. The minimum atomic E-state index is -1.30. The standard InChI is InChI=1S/C29H27N3O5/c1-37-21-10-8-18(9-11-21)20-15-23-28(25(33)16-20)29(19-5-4-14-30-17-19)32(26(34)12-13-27(35)36)24-7-3-2-6-22(24)31-23/h2-11,14,17,20,28-29H,12-13,15-16H2,1H3,(H,35,36)/p-1. The summed E-state index contributed by atoms with van der Waals surface area (Å²) in [5, 5.41) is 11.2. The van der Waals surface area contributed by atoms with Crippen LogP contribution in [0.15, 0.2) is 78.0 Å². The van der Waals surface area contributed by atoms with E-state index in [4.69, 9.17) is 9.73 Å². The lowest BCUT2D eigenvalue weighted by atomic mass is 9.72. The summed E-state index contributed by atoms with van der Waals surface area (Å²) < 4.78 is 5.28. The van der Waals surface area contributed by atoms with E-state index in [0.717, 1.165) is 11.3 Å². The van der Waals surface area contributed by atoms with Gasteiger partial charge in [-0.2, -0.15) is 0 Å². The van der Waals surface area contributed by atoms with E-state index >= 15 is 0 Å². The van der Waals surface area contributed by atoms with E-state index in [1.807, 2.05) is 42.5 Å². The van der Waals surface area contributed by atoms with Crippen molar-refractivity contribution in [1.82, 2.24) is 4.98 Å². The number of carboxylic acid groups (broad SMARTS) is 1. The van der Waals surface area contributed by atoms with E-state index in [9.17, 15) is 19.5 Å². The monoisotopic (exact) mass is 496 g/mol. The molecule has 1 aromatic heterocycles. The Labute approximate surface area is 214 Å². The van der Waals surface area contributed by atoms with Crippen LogP contribution in [0.2, 0.25) is 0 Å². The molecule has 2 aliphatic rings. The molecule has 188 valence electrons. The first kappa shape index (κ1) is 24.4. The minimum absolute atomic E-state index is 0.0230. The Morgan fingerprint density at radius 2 is 1.78 bits per heavy atom. The van der Waals surface area contributed by atoms with E-state index in [-0.39, 0.29) is 18.1 Å². The smallest absolute Gasteiger partial charge is 0.228 e. The van der Waals surface area contributed by atoms with Crippen molar-refractivity contribution in [3.63, 3.8) is 0 Å². The number of hydrogen-bond acceptors (Lipinski definition) is 7. The second-order valence-electron chi connectivity index (χ2n) is 9.28. The third-order valence-electron chi connectivity index (χ3n) is 7.03. The number of methoxy groups -OCH3 is 1. The number of ether oxygens (including phenoxy) is 1. The molecule has 5 rings (SSSR count). The van der Waals surface area contributed by atoms with Gasteiger partial charge >= 0.3 is 0 Å². The van der Waals surface area contributed by atoms with Gasteiger partial charge in [-0.05, 0) is 60.2 Å². The van der Waals surface area contributed by atoms with Gasteiger partial charge in [-0.25, -0.2) is 0 Å². The van der Waals surface area contributed by atoms with Crippen molar-refractivity contribution in [2.75, 3.05) is 12.0 Å². The number of carbonyl (C=O) groups is 3. The molecule has 37 heavy (non-hydrogen) atoms. The average molecular weight is 497 g/mol. The van der Waals surface area contributed by atoms with Crippen LogP contribution in [-0.4, -0.2) is 35.5 Å². The van der Waals surface area contributed by atoms with Crippen LogP contribution in [0.5, 0.6) is 5.75 Å². The summed E-state index contributed by atoms with van der Waals surface area (Å²) in [7, 11) is 1.61. The van der Waals surface area contributed by atoms with E-state index in [2.05, 4.69) is 4.98 Å². The molecule has 3 unspecified atom stereocenters. The normalized spacial score (nSPS) is 20.8. The Kier molecular flexibility index (Phi) is 6.81. The highest BCUT2D eigenvalue weighted by molar-refractivity contribution is 6.13. The third-order valence-corrected chi connectivity index (χ3v) is 7.03. The van der Waals surface area contributed by atoms with Gasteiger partial charge in [0.1, 0.15) is 11.5 Å². The number of aliphatic imine (C=N–C) groups is 1. The molecule has 3 atom stereocenters. The van der Waals surface area contributed by atoms with Crippen molar-refractivity contribution < 1.29 is 24.2 Å². The van der Waals surface area contributed by atoms with Crippen LogP contribution in [0.3, 0.4) is 0 Å². The lowest BCUT2D eigenvalue weighted by Gasteiger charge is -2.38. The Morgan fingerprint density at radius 3 is 2.49 bits per heavy atom. The Bertz CT molecular complexity index is 1350. The summed E-state index contributed by atoms with van der Waals surface area (Å²) in [6, 6.07) is 17.8. The highest BCUT2D eigenvalue weighted by Gasteiger charge is 2.46. The predicted molar refractivity (Wildman–Crippen MR) is 136 cm³/mol. The number of fused-ring (bicyclic) bond motifs is 2. The first-order chi connectivity index (χ1) is 18.0. The molecular formula is C29H26N3O5-. The molecule has 8 heteroatoms. The third kappa shape index (κ3) is 4.87. The highest BCUT2D eigenvalue weighted by atomic mass is 16.5. The molecule has 8 nitrogen and oxygen atoms in total. The van der Waals surface area contributed by atoms with Crippen molar-refractivity contribution in [1.29, 1.82) is 0 Å². The molecule has 0 spiro atoms. The van der Waals surface area contributed by atoms with Crippen molar-refractivity contribution >= 4 is 34.7 Å². The molecule has 2 aromatic carbocycles. The molecule has 0 bridgehead atoms. The molecule has 0 radical (unpaired) electrons. The van der Waals surface area contributed by atoms with E-state index in [0.29, 0.717) is 35.5 Å². The molecule has 1 aliphatic carbocycles. The van der Waals surface area contributed by atoms with Gasteiger partial charge in [-0.15, -0.1) is 0 Å². The van der Waals surface area contributed by atoms with Crippen LogP contribution >= 0.6 is 0 Å². The van der Waals surface area contributed by atoms with Gasteiger partial charge in [-0.1, -0.05) is 30.3 Å². The highest BCUT2D eigenvalue weighted by Crippen LogP contribution is 2.47. The molecular weight excluding hydrogens is 470 g/mol. The van der Waals surface area contributed by atoms with Crippen LogP contribution in [0.1, 0.15) is 48.8 Å². The van der Waals surface area contributed by atoms with Crippen LogP contribution in [0.4, 0.5) is 11.4 Å². The fourth-order valence-electron chi connectivity index (χ4n) is 5.32. The molecule has 0 saturated heterocycles. The van der Waals surface area contributed by atoms with E-state index < -0.39 is 30.3 Å². The van der Waals surface area contributed by atoms with E-state index in [1.165, 1.54) is 0 Å².